The van der Waals surface area contributed by atoms with Gasteiger partial charge in [0.05, 0.1) is 0 Å². The van der Waals surface area contributed by atoms with Crippen molar-refractivity contribution in [3.05, 3.63) is 63.9 Å². The smallest absolute Gasteiger partial charge is 0.0331 e. The standard InChI is InChI=1S/C16H17BrN2/c1-11(12-7-9-18-10-8-12)19-16-6-5-13-14(16)3-2-4-15(13)17/h2-4,7-11,16,19H,5-6H2,1H3/t11-,16?/m0/s1. The van der Waals surface area contributed by atoms with Gasteiger partial charge < -0.3 is 5.32 Å². The van der Waals surface area contributed by atoms with E-state index in [9.17, 15) is 0 Å². The van der Waals surface area contributed by atoms with Crippen LogP contribution in [0.1, 0.15) is 42.1 Å². The summed E-state index contributed by atoms with van der Waals surface area (Å²) in [6.45, 7) is 2.21. The summed E-state index contributed by atoms with van der Waals surface area (Å²) >= 11 is 3.65. The third kappa shape index (κ3) is 2.58. The number of benzene rings is 1. The van der Waals surface area contributed by atoms with E-state index in [1.807, 2.05) is 12.4 Å². The van der Waals surface area contributed by atoms with Crippen molar-refractivity contribution < 1.29 is 0 Å². The van der Waals surface area contributed by atoms with Gasteiger partial charge in [-0.1, -0.05) is 28.1 Å². The number of nitrogens with one attached hydrogen (secondary N) is 1. The van der Waals surface area contributed by atoms with Gasteiger partial charge in [-0.3, -0.25) is 4.98 Å². The number of rotatable bonds is 3. The zero-order chi connectivity index (χ0) is 13.2. The summed E-state index contributed by atoms with van der Waals surface area (Å²) in [5.74, 6) is 0. The highest BCUT2D eigenvalue weighted by molar-refractivity contribution is 9.10. The number of aromatic nitrogens is 1. The summed E-state index contributed by atoms with van der Waals surface area (Å²) in [5.41, 5.74) is 4.19. The predicted octanol–water partition coefficient (Wildman–Crippen LogP) is 4.18. The van der Waals surface area contributed by atoms with Gasteiger partial charge in [0.25, 0.3) is 0 Å². The second-order valence-corrected chi connectivity index (χ2v) is 5.92. The number of halogens is 1. The Balaban J connectivity index is 1.78. The van der Waals surface area contributed by atoms with Gasteiger partial charge in [0.2, 0.25) is 0 Å². The van der Waals surface area contributed by atoms with Crippen molar-refractivity contribution in [1.82, 2.24) is 10.3 Å². The average Bonchev–Trinajstić information content (AvgIpc) is 2.84. The number of fused-ring (bicyclic) bond motifs is 1. The molecule has 1 aliphatic rings. The number of hydrogen-bond donors (Lipinski definition) is 1. The van der Waals surface area contributed by atoms with Crippen LogP contribution >= 0.6 is 15.9 Å². The summed E-state index contributed by atoms with van der Waals surface area (Å²) in [6.07, 6.45) is 6.03. The van der Waals surface area contributed by atoms with Gasteiger partial charge in [-0.15, -0.1) is 0 Å². The molecule has 1 unspecified atom stereocenters. The number of nitrogens with zero attached hydrogens (tertiary/aromatic N) is 1. The van der Waals surface area contributed by atoms with Crippen LogP contribution in [0.15, 0.2) is 47.2 Å². The first-order chi connectivity index (χ1) is 9.25. The lowest BCUT2D eigenvalue weighted by Gasteiger charge is -2.20. The molecule has 0 radical (unpaired) electrons. The lowest BCUT2D eigenvalue weighted by atomic mass is 10.1. The number of pyridine rings is 1. The molecule has 3 heteroatoms. The molecule has 0 amide bonds. The lowest BCUT2D eigenvalue weighted by Crippen LogP contribution is -2.23. The van der Waals surface area contributed by atoms with Gasteiger partial charge >= 0.3 is 0 Å². The molecule has 1 N–H and O–H groups in total. The zero-order valence-corrected chi connectivity index (χ0v) is 12.5. The molecule has 1 aromatic heterocycles. The molecule has 98 valence electrons. The molecule has 0 saturated carbocycles. The minimum atomic E-state index is 0.345. The summed E-state index contributed by atoms with van der Waals surface area (Å²) in [7, 11) is 0. The van der Waals surface area contributed by atoms with Crippen LogP contribution in [-0.2, 0) is 6.42 Å². The first-order valence-electron chi connectivity index (χ1n) is 6.69. The summed E-state index contributed by atoms with van der Waals surface area (Å²) < 4.78 is 1.24. The monoisotopic (exact) mass is 316 g/mol. The maximum absolute atomic E-state index is 4.07. The van der Waals surface area contributed by atoms with E-state index in [4.69, 9.17) is 0 Å². The molecule has 0 spiro atoms. The highest BCUT2D eigenvalue weighted by Gasteiger charge is 2.25. The summed E-state index contributed by atoms with van der Waals surface area (Å²) in [4.78, 5) is 4.07. The molecule has 1 aliphatic carbocycles. The van der Waals surface area contributed by atoms with Crippen LogP contribution in [0, 0.1) is 0 Å². The van der Waals surface area contributed by atoms with Crippen LogP contribution in [-0.4, -0.2) is 4.98 Å². The Labute approximate surface area is 122 Å². The van der Waals surface area contributed by atoms with E-state index in [1.165, 1.54) is 27.6 Å². The summed E-state index contributed by atoms with van der Waals surface area (Å²) in [6, 6.07) is 11.5. The molecular formula is C16H17BrN2. The van der Waals surface area contributed by atoms with Crippen LogP contribution in [0.25, 0.3) is 0 Å². The van der Waals surface area contributed by atoms with Crippen LogP contribution < -0.4 is 5.32 Å². The third-order valence-electron chi connectivity index (χ3n) is 3.87. The molecule has 0 aliphatic heterocycles. The molecule has 0 fully saturated rings. The van der Waals surface area contributed by atoms with E-state index in [0.29, 0.717) is 12.1 Å². The predicted molar refractivity (Wildman–Crippen MR) is 81.0 cm³/mol. The van der Waals surface area contributed by atoms with E-state index in [0.717, 1.165) is 6.42 Å². The maximum atomic E-state index is 4.07. The molecule has 0 bridgehead atoms. The third-order valence-corrected chi connectivity index (χ3v) is 4.61. The van der Waals surface area contributed by atoms with Crippen molar-refractivity contribution in [2.45, 2.75) is 31.8 Å². The fraction of sp³-hybridized carbons (Fsp3) is 0.312. The van der Waals surface area contributed by atoms with Crippen molar-refractivity contribution in [1.29, 1.82) is 0 Å². The fourth-order valence-electron chi connectivity index (χ4n) is 2.83. The molecule has 0 saturated heterocycles. The average molecular weight is 317 g/mol. The van der Waals surface area contributed by atoms with Crippen LogP contribution in [0.2, 0.25) is 0 Å². The Hall–Kier alpha value is -1.19. The quantitative estimate of drug-likeness (QED) is 0.918. The molecule has 2 nitrogen and oxygen atoms in total. The maximum Gasteiger partial charge on any atom is 0.0331 e. The fourth-order valence-corrected chi connectivity index (χ4v) is 3.41. The van der Waals surface area contributed by atoms with Gasteiger partial charge in [-0.25, -0.2) is 0 Å². The Bertz CT molecular complexity index is 568. The minimum absolute atomic E-state index is 0.345. The van der Waals surface area contributed by atoms with Gasteiger partial charge in [0.15, 0.2) is 0 Å². The van der Waals surface area contributed by atoms with Crippen LogP contribution in [0.5, 0.6) is 0 Å². The second kappa shape index (κ2) is 5.43. The van der Waals surface area contributed by atoms with Gasteiger partial charge in [0, 0.05) is 29.0 Å². The molecule has 19 heavy (non-hydrogen) atoms. The molecule has 1 aromatic carbocycles. The molecule has 3 rings (SSSR count). The van der Waals surface area contributed by atoms with Gasteiger partial charge in [0.1, 0.15) is 0 Å². The van der Waals surface area contributed by atoms with Crippen LogP contribution in [0.4, 0.5) is 0 Å². The second-order valence-electron chi connectivity index (χ2n) is 5.07. The Kier molecular flexibility index (Phi) is 3.67. The minimum Gasteiger partial charge on any atom is -0.303 e. The topological polar surface area (TPSA) is 24.9 Å². The Morgan fingerprint density at radius 2 is 2.05 bits per heavy atom. The first-order valence-corrected chi connectivity index (χ1v) is 7.48. The van der Waals surface area contributed by atoms with E-state index in [1.54, 1.807) is 0 Å². The van der Waals surface area contributed by atoms with E-state index >= 15 is 0 Å². The van der Waals surface area contributed by atoms with Crippen molar-refractivity contribution in [3.8, 4) is 0 Å². The highest BCUT2D eigenvalue weighted by Crippen LogP contribution is 2.36. The van der Waals surface area contributed by atoms with E-state index in [-0.39, 0.29) is 0 Å². The van der Waals surface area contributed by atoms with Crippen LogP contribution in [0.3, 0.4) is 0 Å². The normalized spacial score (nSPS) is 19.2. The zero-order valence-electron chi connectivity index (χ0n) is 10.9. The number of hydrogen-bond acceptors (Lipinski definition) is 2. The van der Waals surface area contributed by atoms with E-state index < -0.39 is 0 Å². The molecule has 2 atom stereocenters. The Morgan fingerprint density at radius 3 is 2.84 bits per heavy atom. The molecule has 1 heterocycles. The Morgan fingerprint density at radius 1 is 1.26 bits per heavy atom. The van der Waals surface area contributed by atoms with Gasteiger partial charge in [-0.05, 0) is 54.7 Å². The van der Waals surface area contributed by atoms with Crippen molar-refractivity contribution in [2.75, 3.05) is 0 Å². The van der Waals surface area contributed by atoms with Crippen molar-refractivity contribution in [2.24, 2.45) is 0 Å². The molecular weight excluding hydrogens is 300 g/mol. The van der Waals surface area contributed by atoms with Crippen molar-refractivity contribution in [3.63, 3.8) is 0 Å². The van der Waals surface area contributed by atoms with E-state index in [2.05, 4.69) is 63.5 Å². The molecule has 2 aromatic rings. The largest absolute Gasteiger partial charge is 0.303 e. The van der Waals surface area contributed by atoms with Gasteiger partial charge in [-0.2, -0.15) is 0 Å². The first kappa shape index (κ1) is 12.8. The van der Waals surface area contributed by atoms with Crippen molar-refractivity contribution >= 4 is 15.9 Å². The SMILES string of the molecule is C[C@H](NC1CCc2c(Br)cccc21)c1ccncc1. The summed E-state index contributed by atoms with van der Waals surface area (Å²) in [5, 5.41) is 3.73. The highest BCUT2D eigenvalue weighted by atomic mass is 79.9. The lowest BCUT2D eigenvalue weighted by molar-refractivity contribution is 0.465.